The van der Waals surface area contributed by atoms with E-state index < -0.39 is 45.7 Å². The summed E-state index contributed by atoms with van der Waals surface area (Å²) in [5.74, 6) is -5.26. The van der Waals surface area contributed by atoms with Gasteiger partial charge in [-0.25, -0.2) is 13.2 Å². The minimum absolute atomic E-state index is 0.479. The number of hydrogen-bond donors (Lipinski definition) is 0. The van der Waals surface area contributed by atoms with E-state index in [2.05, 4.69) is 0 Å². The fraction of sp³-hybridized carbons (Fsp3) is 0.368. The first-order valence-corrected chi connectivity index (χ1v) is 7.62. The number of aryl methyl sites for hydroxylation is 2. The van der Waals surface area contributed by atoms with Crippen LogP contribution in [0.4, 0.5) is 26.3 Å². The van der Waals surface area contributed by atoms with Crippen LogP contribution in [0.2, 0.25) is 0 Å². The van der Waals surface area contributed by atoms with Gasteiger partial charge < -0.3 is 0 Å². The molecule has 0 unspecified atom stereocenters. The van der Waals surface area contributed by atoms with Gasteiger partial charge >= 0.3 is 6.18 Å². The molecule has 136 valence electrons. The summed E-state index contributed by atoms with van der Waals surface area (Å²) in [6.07, 6.45) is -5.18. The Morgan fingerprint density at radius 1 is 0.720 bits per heavy atom. The van der Waals surface area contributed by atoms with Gasteiger partial charge in [0.25, 0.3) is 0 Å². The van der Waals surface area contributed by atoms with Crippen molar-refractivity contribution in [1.82, 2.24) is 0 Å². The van der Waals surface area contributed by atoms with E-state index in [0.717, 1.165) is 18.1 Å². The van der Waals surface area contributed by atoms with Gasteiger partial charge in [0.05, 0.1) is 0 Å². The molecule has 2 rings (SSSR count). The van der Waals surface area contributed by atoms with Crippen LogP contribution in [0.25, 0.3) is 0 Å². The molecule has 0 saturated heterocycles. The number of benzene rings is 2. The number of hydrogen-bond acceptors (Lipinski definition) is 0. The highest BCUT2D eigenvalue weighted by atomic mass is 19.4. The van der Waals surface area contributed by atoms with Crippen molar-refractivity contribution in [3.8, 4) is 0 Å². The largest absolute Gasteiger partial charge is 0.419 e. The van der Waals surface area contributed by atoms with Crippen molar-refractivity contribution >= 4 is 0 Å². The molecule has 2 aromatic carbocycles. The summed E-state index contributed by atoms with van der Waals surface area (Å²) in [5, 5.41) is 0. The van der Waals surface area contributed by atoms with Crippen LogP contribution in [0.3, 0.4) is 0 Å². The van der Waals surface area contributed by atoms with Gasteiger partial charge in [0.2, 0.25) is 0 Å². The second kappa shape index (κ2) is 6.07. The zero-order valence-electron chi connectivity index (χ0n) is 14.5. The molecule has 0 saturated carbocycles. The average molecular weight is 360 g/mol. The molecule has 0 amide bonds. The maximum absolute atomic E-state index is 14.7. The average Bonchev–Trinajstić information content (AvgIpc) is 2.46. The summed E-state index contributed by atoms with van der Waals surface area (Å²) < 4.78 is 82.1. The van der Waals surface area contributed by atoms with Gasteiger partial charge in [-0.2, -0.15) is 13.2 Å². The van der Waals surface area contributed by atoms with E-state index in [9.17, 15) is 26.3 Å². The molecule has 0 aliphatic carbocycles. The van der Waals surface area contributed by atoms with Crippen LogP contribution in [0, 0.1) is 38.2 Å². The molecular weight excluding hydrogens is 342 g/mol. The first-order valence-electron chi connectivity index (χ1n) is 7.62. The molecule has 0 aliphatic rings. The van der Waals surface area contributed by atoms with Gasteiger partial charge in [-0.1, -0.05) is 32.0 Å². The van der Waals surface area contributed by atoms with Gasteiger partial charge in [-0.3, -0.25) is 0 Å². The topological polar surface area (TPSA) is 0 Å². The predicted molar refractivity (Wildman–Crippen MR) is 84.1 cm³/mol. The summed E-state index contributed by atoms with van der Waals surface area (Å²) >= 11 is 0. The van der Waals surface area contributed by atoms with Crippen LogP contribution in [0.1, 0.15) is 47.2 Å². The molecule has 0 atom stereocenters. The molecule has 0 aliphatic heterocycles. The van der Waals surface area contributed by atoms with Gasteiger partial charge in [0, 0.05) is 16.5 Å². The highest BCUT2D eigenvalue weighted by Crippen LogP contribution is 2.42. The van der Waals surface area contributed by atoms with Crippen LogP contribution in [-0.2, 0) is 11.6 Å². The molecular formula is C19H18F6. The first-order chi connectivity index (χ1) is 11.3. The lowest BCUT2D eigenvalue weighted by Crippen LogP contribution is -2.26. The second-order valence-corrected chi connectivity index (χ2v) is 6.74. The Morgan fingerprint density at radius 2 is 1.24 bits per heavy atom. The lowest BCUT2D eigenvalue weighted by molar-refractivity contribution is -0.141. The van der Waals surface area contributed by atoms with E-state index in [0.29, 0.717) is 5.56 Å². The molecule has 0 radical (unpaired) electrons. The Balaban J connectivity index is 2.80. The lowest BCUT2D eigenvalue weighted by atomic mass is 9.75. The van der Waals surface area contributed by atoms with Crippen molar-refractivity contribution in [1.29, 1.82) is 0 Å². The summed E-state index contributed by atoms with van der Waals surface area (Å²) in [5.41, 5.74) is -2.63. The number of halogens is 6. The van der Waals surface area contributed by atoms with Gasteiger partial charge in [0.1, 0.15) is 11.4 Å². The standard InChI is InChI=1S/C19H18F6/c1-9-6-7-12(8-10(9)2)18(4,5)14-15(20)11(3)13(19(23,24)25)16(21)17(14)22/h6-8H,1-5H3. The molecule has 6 heteroatoms. The van der Waals surface area contributed by atoms with E-state index in [1.165, 1.54) is 13.8 Å². The maximum Gasteiger partial charge on any atom is 0.419 e. The van der Waals surface area contributed by atoms with E-state index in [1.807, 2.05) is 6.92 Å². The Kier molecular flexibility index (Phi) is 4.70. The van der Waals surface area contributed by atoms with Crippen molar-refractivity contribution in [3.63, 3.8) is 0 Å². The van der Waals surface area contributed by atoms with Crippen molar-refractivity contribution in [2.24, 2.45) is 0 Å². The Hall–Kier alpha value is -1.98. The van der Waals surface area contributed by atoms with E-state index in [1.54, 1.807) is 25.1 Å². The monoisotopic (exact) mass is 360 g/mol. The summed E-state index contributed by atoms with van der Waals surface area (Å²) in [4.78, 5) is 0. The predicted octanol–water partition coefficient (Wildman–Crippen LogP) is 6.37. The molecule has 0 aromatic heterocycles. The zero-order valence-corrected chi connectivity index (χ0v) is 14.5. The minimum atomic E-state index is -5.18. The van der Waals surface area contributed by atoms with E-state index in [-0.39, 0.29) is 0 Å². The Labute approximate surface area is 142 Å². The molecule has 25 heavy (non-hydrogen) atoms. The molecule has 0 fully saturated rings. The van der Waals surface area contributed by atoms with Crippen molar-refractivity contribution in [2.45, 2.75) is 46.2 Å². The van der Waals surface area contributed by atoms with Crippen LogP contribution in [0.5, 0.6) is 0 Å². The normalized spacial score (nSPS) is 12.6. The van der Waals surface area contributed by atoms with Gasteiger partial charge in [-0.05, 0) is 37.5 Å². The molecule has 0 heterocycles. The number of alkyl halides is 3. The van der Waals surface area contributed by atoms with Crippen molar-refractivity contribution < 1.29 is 26.3 Å². The van der Waals surface area contributed by atoms with E-state index in [4.69, 9.17) is 0 Å². The highest BCUT2D eigenvalue weighted by Gasteiger charge is 2.42. The van der Waals surface area contributed by atoms with Gasteiger partial charge in [0.15, 0.2) is 11.6 Å². The van der Waals surface area contributed by atoms with Crippen LogP contribution < -0.4 is 0 Å². The molecule has 0 N–H and O–H groups in total. The van der Waals surface area contributed by atoms with Crippen molar-refractivity contribution in [2.75, 3.05) is 0 Å². The van der Waals surface area contributed by atoms with Crippen LogP contribution in [-0.4, -0.2) is 0 Å². The quantitative estimate of drug-likeness (QED) is 0.431. The minimum Gasteiger partial charge on any atom is -0.206 e. The maximum atomic E-state index is 14.7. The molecule has 0 bridgehead atoms. The summed E-state index contributed by atoms with van der Waals surface area (Å²) in [6, 6.07) is 5.07. The second-order valence-electron chi connectivity index (χ2n) is 6.74. The summed E-state index contributed by atoms with van der Waals surface area (Å²) in [7, 11) is 0. The highest BCUT2D eigenvalue weighted by molar-refractivity contribution is 5.47. The fourth-order valence-electron chi connectivity index (χ4n) is 2.94. The van der Waals surface area contributed by atoms with Crippen LogP contribution in [0.15, 0.2) is 18.2 Å². The SMILES string of the molecule is Cc1ccc(C(C)(C)c2c(F)c(C)c(C(F)(F)F)c(F)c2F)cc1C. The van der Waals surface area contributed by atoms with E-state index >= 15 is 0 Å². The van der Waals surface area contributed by atoms with Crippen LogP contribution >= 0.6 is 0 Å². The first kappa shape index (κ1) is 19.3. The van der Waals surface area contributed by atoms with Gasteiger partial charge in [-0.15, -0.1) is 0 Å². The summed E-state index contributed by atoms with van der Waals surface area (Å²) in [6.45, 7) is 7.37. The third kappa shape index (κ3) is 3.14. The Morgan fingerprint density at radius 3 is 1.72 bits per heavy atom. The third-order valence-corrected chi connectivity index (χ3v) is 4.69. The molecule has 2 aromatic rings. The lowest BCUT2D eigenvalue weighted by Gasteiger charge is -2.29. The zero-order chi connectivity index (χ0) is 19.3. The van der Waals surface area contributed by atoms with Crippen molar-refractivity contribution in [3.05, 3.63) is 69.0 Å². The Bertz CT molecular complexity index is 802. The molecule has 0 nitrogen and oxygen atoms in total. The smallest absolute Gasteiger partial charge is 0.206 e. The fourth-order valence-corrected chi connectivity index (χ4v) is 2.94. The number of rotatable bonds is 2. The third-order valence-electron chi connectivity index (χ3n) is 4.69. The molecule has 0 spiro atoms.